The molecule has 1 rings (SSSR count). The fourth-order valence-electron chi connectivity index (χ4n) is 2.91. The van der Waals surface area contributed by atoms with Crippen LogP contribution in [0.5, 0.6) is 0 Å². The molecule has 0 aromatic heterocycles. The molecule has 0 radical (unpaired) electrons. The molecule has 0 aromatic carbocycles. The van der Waals surface area contributed by atoms with E-state index in [1.807, 2.05) is 0 Å². The summed E-state index contributed by atoms with van der Waals surface area (Å²) in [4.78, 5) is 47.9. The number of alkyl halides is 1. The minimum Gasteiger partial charge on any atom is -0.382 e. The Hall–Kier alpha value is -1.63. The van der Waals surface area contributed by atoms with E-state index >= 15 is 0 Å². The lowest BCUT2D eigenvalue weighted by Gasteiger charge is -2.56. The van der Waals surface area contributed by atoms with Gasteiger partial charge in [-0.1, -0.05) is 0 Å². The quantitative estimate of drug-likeness (QED) is 0.317. The lowest BCUT2D eigenvalue weighted by Crippen LogP contribution is -2.87. The third-order valence-electron chi connectivity index (χ3n) is 4.42. The second-order valence-electron chi connectivity index (χ2n) is 5.85. The molecule has 5 N–H and O–H groups in total. The fraction of sp³-hybridized carbons (Fsp3) is 0.714. The van der Waals surface area contributed by atoms with Gasteiger partial charge >= 0.3 is 0 Å². The molecule has 1 aliphatic rings. The topological polar surface area (TPSA) is 179 Å². The van der Waals surface area contributed by atoms with Crippen molar-refractivity contribution in [2.45, 2.75) is 56.1 Å². The van der Waals surface area contributed by atoms with Crippen molar-refractivity contribution < 1.29 is 53.8 Å². The smallest absolute Gasteiger partial charge is 0.213 e. The highest BCUT2D eigenvalue weighted by Crippen LogP contribution is 2.46. The monoisotopic (exact) mass is 366 g/mol. The lowest BCUT2D eigenvalue weighted by molar-refractivity contribution is -0.350. The SMILES string of the molecule is CC(=O)[C@@]1(O)[C@](O)(C(C)=O)C(O)O[C@H](C(=O)C(O)CF)[C@@]1(O)C(C)=O. The van der Waals surface area contributed by atoms with E-state index < -0.39 is 65.1 Å². The molecule has 1 saturated heterocycles. The Balaban J connectivity index is 3.82. The van der Waals surface area contributed by atoms with E-state index in [4.69, 9.17) is 0 Å². The number of aliphatic hydroxyl groups excluding tert-OH is 2. The van der Waals surface area contributed by atoms with Gasteiger partial charge in [0.1, 0.15) is 12.8 Å². The van der Waals surface area contributed by atoms with Crippen LogP contribution >= 0.6 is 0 Å². The number of hydrogen-bond acceptors (Lipinski definition) is 10. The third-order valence-corrected chi connectivity index (χ3v) is 4.42. The number of rotatable bonds is 6. The molecule has 10 nitrogen and oxygen atoms in total. The van der Waals surface area contributed by atoms with Crippen LogP contribution < -0.4 is 0 Å². The minimum absolute atomic E-state index is 0.576. The number of carbonyl (C=O) groups excluding carboxylic acids is 4. The molecule has 11 heteroatoms. The van der Waals surface area contributed by atoms with Crippen molar-refractivity contribution in [3.63, 3.8) is 0 Å². The van der Waals surface area contributed by atoms with Gasteiger partial charge in [0.2, 0.25) is 11.2 Å². The van der Waals surface area contributed by atoms with Crippen LogP contribution in [0.4, 0.5) is 4.39 Å². The van der Waals surface area contributed by atoms with Crippen molar-refractivity contribution in [2.24, 2.45) is 0 Å². The zero-order chi connectivity index (χ0) is 20.0. The number of ether oxygens (including phenoxy) is 1. The highest BCUT2D eigenvalue weighted by molar-refractivity contribution is 6.08. The summed E-state index contributed by atoms with van der Waals surface area (Å²) in [5.41, 5.74) is -10.8. The first-order chi connectivity index (χ1) is 11.2. The van der Waals surface area contributed by atoms with Crippen LogP contribution in [0.1, 0.15) is 20.8 Å². The third kappa shape index (κ3) is 2.55. The van der Waals surface area contributed by atoms with Crippen LogP contribution in [-0.2, 0) is 23.9 Å². The Bertz CT molecular complexity index is 621. The Morgan fingerprint density at radius 3 is 1.76 bits per heavy atom. The molecular weight excluding hydrogens is 347 g/mol. The van der Waals surface area contributed by atoms with Gasteiger partial charge in [-0.2, -0.15) is 0 Å². The van der Waals surface area contributed by atoms with E-state index in [1.165, 1.54) is 0 Å². The van der Waals surface area contributed by atoms with Crippen molar-refractivity contribution in [3.05, 3.63) is 0 Å². The number of carbonyl (C=O) groups is 4. The molecule has 2 unspecified atom stereocenters. The van der Waals surface area contributed by atoms with Crippen LogP contribution in [0.25, 0.3) is 0 Å². The highest BCUT2D eigenvalue weighted by Gasteiger charge is 2.79. The van der Waals surface area contributed by atoms with Crippen LogP contribution in [-0.4, -0.2) is 90.6 Å². The number of hydrogen-bond donors (Lipinski definition) is 5. The van der Waals surface area contributed by atoms with Gasteiger partial charge in [-0.15, -0.1) is 0 Å². The maximum absolute atomic E-state index is 12.6. The molecule has 6 atom stereocenters. The zero-order valence-electron chi connectivity index (χ0n) is 13.6. The van der Waals surface area contributed by atoms with Gasteiger partial charge in [-0.3, -0.25) is 19.2 Å². The van der Waals surface area contributed by atoms with Crippen molar-refractivity contribution in [1.82, 2.24) is 0 Å². The van der Waals surface area contributed by atoms with Crippen molar-refractivity contribution in [1.29, 1.82) is 0 Å². The normalized spacial score (nSPS) is 39.6. The van der Waals surface area contributed by atoms with E-state index in [0.29, 0.717) is 20.8 Å². The zero-order valence-corrected chi connectivity index (χ0v) is 13.6. The second kappa shape index (κ2) is 6.59. The molecule has 1 aliphatic heterocycles. The largest absolute Gasteiger partial charge is 0.382 e. The van der Waals surface area contributed by atoms with E-state index in [0.717, 1.165) is 0 Å². The Morgan fingerprint density at radius 1 is 1.00 bits per heavy atom. The van der Waals surface area contributed by atoms with Crippen molar-refractivity contribution in [2.75, 3.05) is 6.67 Å². The van der Waals surface area contributed by atoms with Crippen LogP contribution in [0.2, 0.25) is 0 Å². The maximum atomic E-state index is 12.6. The van der Waals surface area contributed by atoms with Gasteiger partial charge < -0.3 is 30.3 Å². The lowest BCUT2D eigenvalue weighted by atomic mass is 9.60. The van der Waals surface area contributed by atoms with Crippen LogP contribution in [0, 0.1) is 0 Å². The molecule has 0 bridgehead atoms. The summed E-state index contributed by atoms with van der Waals surface area (Å²) in [6.07, 6.45) is -7.82. The predicted molar refractivity (Wildman–Crippen MR) is 74.8 cm³/mol. The Labute approximate surface area is 140 Å². The number of halogens is 1. The first kappa shape index (κ1) is 21.4. The number of Topliss-reactive ketones (excluding diaryl/α,β-unsaturated/α-hetero) is 4. The molecule has 1 fully saturated rings. The number of aliphatic hydroxyl groups is 5. The van der Waals surface area contributed by atoms with Gasteiger partial charge in [-0.05, 0) is 20.8 Å². The van der Waals surface area contributed by atoms with Gasteiger partial charge in [0.25, 0.3) is 0 Å². The van der Waals surface area contributed by atoms with Crippen molar-refractivity contribution in [3.8, 4) is 0 Å². The minimum atomic E-state index is -3.72. The van der Waals surface area contributed by atoms with Gasteiger partial charge in [0.15, 0.2) is 41.1 Å². The molecule has 1 heterocycles. The van der Waals surface area contributed by atoms with Gasteiger partial charge in [0, 0.05) is 0 Å². The maximum Gasteiger partial charge on any atom is 0.213 e. The summed E-state index contributed by atoms with van der Waals surface area (Å²) in [6, 6.07) is 0. The summed E-state index contributed by atoms with van der Waals surface area (Å²) >= 11 is 0. The van der Waals surface area contributed by atoms with Crippen LogP contribution in [0.3, 0.4) is 0 Å². The molecule has 142 valence electrons. The van der Waals surface area contributed by atoms with E-state index in [2.05, 4.69) is 4.74 Å². The molecule has 0 amide bonds. The summed E-state index contributed by atoms with van der Waals surface area (Å²) in [5.74, 6) is -6.22. The van der Waals surface area contributed by atoms with E-state index in [-0.39, 0.29) is 0 Å². The Kier molecular flexibility index (Phi) is 5.65. The summed E-state index contributed by atoms with van der Waals surface area (Å²) in [7, 11) is 0. The molecule has 25 heavy (non-hydrogen) atoms. The van der Waals surface area contributed by atoms with Gasteiger partial charge in [0.05, 0.1) is 0 Å². The first-order valence-electron chi connectivity index (χ1n) is 7.06. The van der Waals surface area contributed by atoms with E-state index in [9.17, 15) is 49.1 Å². The summed E-state index contributed by atoms with van der Waals surface area (Å²) < 4.78 is 17.2. The Morgan fingerprint density at radius 2 is 1.44 bits per heavy atom. The summed E-state index contributed by atoms with van der Waals surface area (Å²) in [5, 5.41) is 51.1. The standard InChI is InChI=1S/C14H19FO10/c1-5(16)12(22)10(9(20)8(19)4-15)25-11(21)13(23,6(2)17)14(12,24)7(3)18/h8,10-11,19,21-24H,4H2,1-3H3/t8?,10-,11?,12+,13+,14+/m1/s1. The molecule has 0 aromatic rings. The second-order valence-corrected chi connectivity index (χ2v) is 5.85. The number of ketones is 4. The fourth-order valence-corrected chi connectivity index (χ4v) is 2.91. The highest BCUT2D eigenvalue weighted by atomic mass is 19.1. The average Bonchev–Trinajstić information content (AvgIpc) is 2.53. The van der Waals surface area contributed by atoms with Crippen molar-refractivity contribution >= 4 is 23.1 Å². The van der Waals surface area contributed by atoms with Gasteiger partial charge in [-0.25, -0.2) is 4.39 Å². The van der Waals surface area contributed by atoms with Crippen LogP contribution in [0.15, 0.2) is 0 Å². The predicted octanol–water partition coefficient (Wildman–Crippen LogP) is -3.44. The summed E-state index contributed by atoms with van der Waals surface area (Å²) in [6.45, 7) is 0.127. The molecule has 0 aliphatic carbocycles. The van der Waals surface area contributed by atoms with E-state index in [1.54, 1.807) is 0 Å². The average molecular weight is 366 g/mol. The molecular formula is C14H19FO10. The molecule has 0 spiro atoms. The first-order valence-corrected chi connectivity index (χ1v) is 7.06. The molecule has 0 saturated carbocycles.